The molecule has 6 nitrogen and oxygen atoms in total. The first kappa shape index (κ1) is 16.1. The van der Waals surface area contributed by atoms with Crippen LogP contribution in [0.25, 0.3) is 0 Å². The van der Waals surface area contributed by atoms with Gasteiger partial charge in [0.1, 0.15) is 0 Å². The molecule has 0 saturated carbocycles. The Morgan fingerprint density at radius 1 is 1.19 bits per heavy atom. The van der Waals surface area contributed by atoms with Gasteiger partial charge in [-0.05, 0) is 13.3 Å². The van der Waals surface area contributed by atoms with Crippen LogP contribution in [-0.2, 0) is 0 Å². The molecule has 0 bridgehead atoms. The minimum absolute atomic E-state index is 0.413. The van der Waals surface area contributed by atoms with Gasteiger partial charge >= 0.3 is 6.01 Å². The van der Waals surface area contributed by atoms with Crippen LogP contribution < -0.4 is 15.0 Å². The van der Waals surface area contributed by atoms with Crippen molar-refractivity contribution in [3.05, 3.63) is 0 Å². The quantitative estimate of drug-likeness (QED) is 0.865. The molecular weight excluding hydrogens is 286 g/mol. The molecule has 21 heavy (non-hydrogen) atoms. The highest BCUT2D eigenvalue weighted by Crippen LogP contribution is 2.27. The molecule has 1 aromatic heterocycles. The summed E-state index contributed by atoms with van der Waals surface area (Å²) in [5.74, 6) is 1.30. The second-order valence-corrected chi connectivity index (χ2v) is 7.16. The summed E-state index contributed by atoms with van der Waals surface area (Å²) in [6.07, 6.45) is 0.936. The Bertz CT molecular complexity index is 449. The molecule has 1 aliphatic rings. The molecule has 0 aliphatic carbocycles. The first-order valence-electron chi connectivity index (χ1n) is 7.65. The summed E-state index contributed by atoms with van der Waals surface area (Å²) in [5, 5.41) is 4.31. The van der Waals surface area contributed by atoms with Crippen LogP contribution in [0.4, 0.5) is 11.9 Å². The summed E-state index contributed by atoms with van der Waals surface area (Å²) in [5.41, 5.74) is 0. The molecule has 2 heterocycles. The van der Waals surface area contributed by atoms with Gasteiger partial charge in [0.2, 0.25) is 11.9 Å². The Labute approximate surface area is 131 Å². The highest BCUT2D eigenvalue weighted by molar-refractivity contribution is 8.00. The van der Waals surface area contributed by atoms with Crippen molar-refractivity contribution in [2.75, 3.05) is 36.5 Å². The Morgan fingerprint density at radius 3 is 2.52 bits per heavy atom. The maximum Gasteiger partial charge on any atom is 0.323 e. The predicted octanol–water partition coefficient (Wildman–Crippen LogP) is 2.42. The van der Waals surface area contributed by atoms with Gasteiger partial charge < -0.3 is 15.0 Å². The number of rotatable bonds is 6. The molecule has 0 spiro atoms. The molecule has 0 radical (unpaired) electrons. The van der Waals surface area contributed by atoms with Gasteiger partial charge in [-0.2, -0.15) is 26.7 Å². The fourth-order valence-corrected chi connectivity index (χ4v) is 3.65. The SMILES string of the molecule is CCCOc1nc(NCC)nc(N2CC(C)SC(C)C2)n1. The number of hydrogen-bond donors (Lipinski definition) is 1. The fourth-order valence-electron chi connectivity index (χ4n) is 2.32. The first-order chi connectivity index (χ1) is 10.1. The normalized spacial score (nSPS) is 22.2. The van der Waals surface area contributed by atoms with E-state index < -0.39 is 0 Å². The molecule has 2 rings (SSSR count). The van der Waals surface area contributed by atoms with Crippen LogP contribution >= 0.6 is 11.8 Å². The number of thioether (sulfide) groups is 1. The van der Waals surface area contributed by atoms with Gasteiger partial charge in [-0.1, -0.05) is 20.8 Å². The van der Waals surface area contributed by atoms with Gasteiger partial charge in [0, 0.05) is 30.1 Å². The Balaban J connectivity index is 2.21. The number of nitrogens with zero attached hydrogens (tertiary/aromatic N) is 4. The lowest BCUT2D eigenvalue weighted by Crippen LogP contribution is -2.41. The van der Waals surface area contributed by atoms with Crippen LogP contribution in [0, 0.1) is 0 Å². The smallest absolute Gasteiger partial charge is 0.323 e. The number of nitrogens with one attached hydrogen (secondary N) is 1. The third-order valence-electron chi connectivity index (χ3n) is 3.08. The highest BCUT2D eigenvalue weighted by atomic mass is 32.2. The standard InChI is InChI=1S/C14H25N5OS/c1-5-7-20-14-17-12(15-6-2)16-13(18-14)19-8-10(3)21-11(4)9-19/h10-11H,5-9H2,1-4H3,(H,15,16,17,18). The van der Waals surface area contributed by atoms with Crippen molar-refractivity contribution in [2.45, 2.75) is 44.6 Å². The van der Waals surface area contributed by atoms with E-state index >= 15 is 0 Å². The fraction of sp³-hybridized carbons (Fsp3) is 0.786. The molecule has 1 fully saturated rings. The molecule has 2 unspecified atom stereocenters. The van der Waals surface area contributed by atoms with Crippen LogP contribution in [0.5, 0.6) is 6.01 Å². The third-order valence-corrected chi connectivity index (χ3v) is 4.30. The summed E-state index contributed by atoms with van der Waals surface area (Å²) < 4.78 is 5.59. The van der Waals surface area contributed by atoms with E-state index in [1.165, 1.54) is 0 Å². The van der Waals surface area contributed by atoms with Gasteiger partial charge in [0.25, 0.3) is 0 Å². The van der Waals surface area contributed by atoms with E-state index in [4.69, 9.17) is 4.74 Å². The average molecular weight is 311 g/mol. The van der Waals surface area contributed by atoms with Crippen molar-refractivity contribution in [2.24, 2.45) is 0 Å². The molecule has 2 atom stereocenters. The maximum atomic E-state index is 5.59. The largest absolute Gasteiger partial charge is 0.463 e. The Morgan fingerprint density at radius 2 is 1.90 bits per heavy atom. The second-order valence-electron chi connectivity index (χ2n) is 5.28. The molecule has 1 aromatic rings. The van der Waals surface area contributed by atoms with E-state index in [1.807, 2.05) is 18.7 Å². The number of hydrogen-bond acceptors (Lipinski definition) is 7. The average Bonchev–Trinajstić information content (AvgIpc) is 2.44. The van der Waals surface area contributed by atoms with Crippen LogP contribution in [0.15, 0.2) is 0 Å². The van der Waals surface area contributed by atoms with Gasteiger partial charge in [-0.25, -0.2) is 0 Å². The number of aromatic nitrogens is 3. The van der Waals surface area contributed by atoms with E-state index in [1.54, 1.807) is 0 Å². The molecule has 118 valence electrons. The molecule has 7 heteroatoms. The van der Waals surface area contributed by atoms with Gasteiger partial charge in [0.15, 0.2) is 0 Å². The second kappa shape index (κ2) is 7.68. The summed E-state index contributed by atoms with van der Waals surface area (Å²) in [6, 6.07) is 0.413. The van der Waals surface area contributed by atoms with Crippen molar-refractivity contribution in [3.8, 4) is 6.01 Å². The van der Waals surface area contributed by atoms with E-state index in [-0.39, 0.29) is 0 Å². The lowest BCUT2D eigenvalue weighted by atomic mass is 10.3. The molecule has 0 aromatic carbocycles. The molecule has 0 amide bonds. The summed E-state index contributed by atoms with van der Waals surface area (Å²) >= 11 is 2.01. The summed E-state index contributed by atoms with van der Waals surface area (Å²) in [7, 11) is 0. The van der Waals surface area contributed by atoms with Gasteiger partial charge in [-0.3, -0.25) is 0 Å². The van der Waals surface area contributed by atoms with E-state index in [0.29, 0.717) is 35.0 Å². The van der Waals surface area contributed by atoms with Crippen molar-refractivity contribution in [3.63, 3.8) is 0 Å². The first-order valence-corrected chi connectivity index (χ1v) is 8.59. The van der Waals surface area contributed by atoms with E-state index in [2.05, 4.69) is 45.9 Å². The van der Waals surface area contributed by atoms with Crippen molar-refractivity contribution < 1.29 is 4.74 Å². The Hall–Kier alpha value is -1.24. The molecule has 1 aliphatic heterocycles. The lowest BCUT2D eigenvalue weighted by molar-refractivity contribution is 0.291. The van der Waals surface area contributed by atoms with Gasteiger partial charge in [-0.15, -0.1) is 0 Å². The van der Waals surface area contributed by atoms with Crippen LogP contribution in [0.3, 0.4) is 0 Å². The molecule has 1 saturated heterocycles. The lowest BCUT2D eigenvalue weighted by Gasteiger charge is -2.34. The third kappa shape index (κ3) is 4.62. The van der Waals surface area contributed by atoms with Crippen molar-refractivity contribution >= 4 is 23.7 Å². The minimum Gasteiger partial charge on any atom is -0.463 e. The number of ether oxygens (including phenoxy) is 1. The molecule has 1 N–H and O–H groups in total. The Kier molecular flexibility index (Phi) is 5.90. The van der Waals surface area contributed by atoms with Crippen molar-refractivity contribution in [1.29, 1.82) is 0 Å². The zero-order valence-corrected chi connectivity index (χ0v) is 14.1. The summed E-state index contributed by atoms with van der Waals surface area (Å²) in [6.45, 7) is 11.9. The molecular formula is C14H25N5OS. The minimum atomic E-state index is 0.413. The van der Waals surface area contributed by atoms with Crippen LogP contribution in [0.2, 0.25) is 0 Å². The zero-order chi connectivity index (χ0) is 15.2. The monoisotopic (exact) mass is 311 g/mol. The van der Waals surface area contributed by atoms with Gasteiger partial charge in [0.05, 0.1) is 6.61 Å². The van der Waals surface area contributed by atoms with Crippen molar-refractivity contribution in [1.82, 2.24) is 15.0 Å². The predicted molar refractivity (Wildman–Crippen MR) is 88.5 cm³/mol. The number of anilines is 2. The van der Waals surface area contributed by atoms with E-state index in [0.717, 1.165) is 26.1 Å². The van der Waals surface area contributed by atoms with E-state index in [9.17, 15) is 0 Å². The highest BCUT2D eigenvalue weighted by Gasteiger charge is 2.25. The van der Waals surface area contributed by atoms with Crippen LogP contribution in [0.1, 0.15) is 34.1 Å². The van der Waals surface area contributed by atoms with Crippen LogP contribution in [-0.4, -0.2) is 51.7 Å². The summed E-state index contributed by atoms with van der Waals surface area (Å²) in [4.78, 5) is 15.5. The topological polar surface area (TPSA) is 63.2 Å². The maximum absolute atomic E-state index is 5.59. The zero-order valence-electron chi connectivity index (χ0n) is 13.3.